The second kappa shape index (κ2) is 7.97. The molecule has 1 saturated heterocycles. The van der Waals surface area contributed by atoms with E-state index in [0.29, 0.717) is 37.0 Å². The summed E-state index contributed by atoms with van der Waals surface area (Å²) in [6.07, 6.45) is 4.13. The molecule has 0 aliphatic carbocycles. The molecule has 0 radical (unpaired) electrons. The summed E-state index contributed by atoms with van der Waals surface area (Å²) in [5.74, 6) is 0.410. The van der Waals surface area contributed by atoms with Crippen molar-refractivity contribution >= 4 is 17.7 Å². The highest BCUT2D eigenvalue weighted by Gasteiger charge is 2.25. The number of carbonyl (C=O) groups excluding carboxylic acids is 1. The number of piperidine rings is 1. The third kappa shape index (κ3) is 4.58. The second-order valence-electron chi connectivity index (χ2n) is 5.52. The molecular weight excluding hydrogens is 330 g/mol. The summed E-state index contributed by atoms with van der Waals surface area (Å²) in [4.78, 5) is 21.8. The molecular formula is C17H18ClN3O3. The second-order valence-corrected chi connectivity index (χ2v) is 5.91. The lowest BCUT2D eigenvalue weighted by Crippen LogP contribution is -2.42. The SMILES string of the molecule is O=C(OCc1ccccc1)N1CCC(Oc2cncc(Cl)n2)CC1. The van der Waals surface area contributed by atoms with Crippen LogP contribution in [-0.4, -0.2) is 40.2 Å². The first-order valence-corrected chi connectivity index (χ1v) is 8.18. The van der Waals surface area contributed by atoms with Crippen LogP contribution in [0.1, 0.15) is 18.4 Å². The summed E-state index contributed by atoms with van der Waals surface area (Å²) in [5.41, 5.74) is 0.976. The third-order valence-electron chi connectivity index (χ3n) is 3.78. The topological polar surface area (TPSA) is 64.5 Å². The number of amides is 1. The molecule has 0 N–H and O–H groups in total. The lowest BCUT2D eigenvalue weighted by atomic mass is 10.1. The van der Waals surface area contributed by atoms with Crippen LogP contribution in [0.5, 0.6) is 5.88 Å². The van der Waals surface area contributed by atoms with E-state index in [1.165, 1.54) is 12.4 Å². The first kappa shape index (κ1) is 16.5. The number of hydrogen-bond donors (Lipinski definition) is 0. The monoisotopic (exact) mass is 347 g/mol. The normalized spacial score (nSPS) is 15.1. The summed E-state index contributed by atoms with van der Waals surface area (Å²) in [6, 6.07) is 9.63. The van der Waals surface area contributed by atoms with Gasteiger partial charge < -0.3 is 14.4 Å². The van der Waals surface area contributed by atoms with Gasteiger partial charge in [-0.25, -0.2) is 4.79 Å². The van der Waals surface area contributed by atoms with E-state index in [0.717, 1.165) is 5.56 Å². The highest BCUT2D eigenvalue weighted by molar-refractivity contribution is 6.29. The Morgan fingerprint density at radius 1 is 1.21 bits per heavy atom. The number of likely N-dealkylation sites (tertiary alicyclic amines) is 1. The Labute approximate surface area is 145 Å². The number of aromatic nitrogens is 2. The summed E-state index contributed by atoms with van der Waals surface area (Å²) < 4.78 is 11.1. The van der Waals surface area contributed by atoms with Crippen LogP contribution < -0.4 is 4.74 Å². The van der Waals surface area contributed by atoms with Gasteiger partial charge in [0.2, 0.25) is 5.88 Å². The van der Waals surface area contributed by atoms with Crippen LogP contribution in [0.4, 0.5) is 4.79 Å². The summed E-state index contributed by atoms with van der Waals surface area (Å²) >= 11 is 5.79. The first-order valence-electron chi connectivity index (χ1n) is 7.80. The van der Waals surface area contributed by atoms with Gasteiger partial charge in [-0.05, 0) is 5.56 Å². The van der Waals surface area contributed by atoms with E-state index >= 15 is 0 Å². The van der Waals surface area contributed by atoms with E-state index < -0.39 is 0 Å². The Balaban J connectivity index is 1.43. The Hall–Kier alpha value is -2.34. The zero-order chi connectivity index (χ0) is 16.8. The minimum Gasteiger partial charge on any atom is -0.473 e. The molecule has 6 nitrogen and oxygen atoms in total. The van der Waals surface area contributed by atoms with Crippen LogP contribution in [0.25, 0.3) is 0 Å². The lowest BCUT2D eigenvalue weighted by molar-refractivity contribution is 0.0624. The van der Waals surface area contributed by atoms with E-state index in [1.807, 2.05) is 30.3 Å². The molecule has 0 atom stereocenters. The van der Waals surface area contributed by atoms with Crippen molar-refractivity contribution in [3.05, 3.63) is 53.4 Å². The standard InChI is InChI=1S/C17H18ClN3O3/c18-15-10-19-11-16(20-15)24-14-6-8-21(9-7-14)17(22)23-12-13-4-2-1-3-5-13/h1-5,10-11,14H,6-9,12H2. The zero-order valence-corrected chi connectivity index (χ0v) is 13.9. The summed E-state index contributed by atoms with van der Waals surface area (Å²) in [5, 5.41) is 0.300. The van der Waals surface area contributed by atoms with Gasteiger partial charge in [-0.3, -0.25) is 4.98 Å². The van der Waals surface area contributed by atoms with Crippen molar-refractivity contribution in [3.8, 4) is 5.88 Å². The van der Waals surface area contributed by atoms with E-state index in [1.54, 1.807) is 4.90 Å². The molecule has 1 aromatic carbocycles. The molecule has 3 rings (SSSR count). The van der Waals surface area contributed by atoms with Crippen LogP contribution >= 0.6 is 11.6 Å². The van der Waals surface area contributed by atoms with Crippen molar-refractivity contribution in [1.82, 2.24) is 14.9 Å². The average molecular weight is 348 g/mol. The molecule has 0 unspecified atom stereocenters. The Bertz CT molecular complexity index is 676. The molecule has 1 fully saturated rings. The molecule has 1 aromatic heterocycles. The molecule has 7 heteroatoms. The van der Waals surface area contributed by atoms with Crippen molar-refractivity contribution in [2.45, 2.75) is 25.6 Å². The predicted molar refractivity (Wildman–Crippen MR) is 88.9 cm³/mol. The van der Waals surface area contributed by atoms with Crippen LogP contribution in [0.3, 0.4) is 0 Å². The Morgan fingerprint density at radius 3 is 2.67 bits per heavy atom. The van der Waals surface area contributed by atoms with Crippen LogP contribution in [0, 0.1) is 0 Å². The van der Waals surface area contributed by atoms with Gasteiger partial charge in [-0.1, -0.05) is 41.9 Å². The van der Waals surface area contributed by atoms with E-state index in [9.17, 15) is 4.79 Å². The maximum Gasteiger partial charge on any atom is 0.410 e. The van der Waals surface area contributed by atoms with Crippen LogP contribution in [-0.2, 0) is 11.3 Å². The molecule has 1 amide bonds. The van der Waals surface area contributed by atoms with Crippen molar-refractivity contribution in [2.75, 3.05) is 13.1 Å². The molecule has 1 aliphatic heterocycles. The van der Waals surface area contributed by atoms with Gasteiger partial charge in [0.15, 0.2) is 5.15 Å². The number of nitrogens with zero attached hydrogens (tertiary/aromatic N) is 3. The lowest BCUT2D eigenvalue weighted by Gasteiger charge is -2.31. The fraction of sp³-hybridized carbons (Fsp3) is 0.353. The highest BCUT2D eigenvalue weighted by Crippen LogP contribution is 2.18. The van der Waals surface area contributed by atoms with Gasteiger partial charge in [0.25, 0.3) is 0 Å². The number of rotatable bonds is 4. The largest absolute Gasteiger partial charge is 0.473 e. The fourth-order valence-corrected chi connectivity index (χ4v) is 2.66. The third-order valence-corrected chi connectivity index (χ3v) is 3.96. The number of carbonyl (C=O) groups is 1. The van der Waals surface area contributed by atoms with Crippen molar-refractivity contribution in [2.24, 2.45) is 0 Å². The van der Waals surface area contributed by atoms with Crippen molar-refractivity contribution in [1.29, 1.82) is 0 Å². The van der Waals surface area contributed by atoms with Gasteiger partial charge in [-0.15, -0.1) is 0 Å². The molecule has 2 aromatic rings. The zero-order valence-electron chi connectivity index (χ0n) is 13.1. The minimum atomic E-state index is -0.292. The molecule has 0 saturated carbocycles. The quantitative estimate of drug-likeness (QED) is 0.849. The summed E-state index contributed by atoms with van der Waals surface area (Å²) in [7, 11) is 0. The van der Waals surface area contributed by atoms with Gasteiger partial charge >= 0.3 is 6.09 Å². The van der Waals surface area contributed by atoms with Gasteiger partial charge in [-0.2, -0.15) is 4.98 Å². The number of hydrogen-bond acceptors (Lipinski definition) is 5. The van der Waals surface area contributed by atoms with Crippen molar-refractivity contribution < 1.29 is 14.3 Å². The molecule has 24 heavy (non-hydrogen) atoms. The van der Waals surface area contributed by atoms with Gasteiger partial charge in [0, 0.05) is 25.9 Å². The van der Waals surface area contributed by atoms with E-state index in [2.05, 4.69) is 9.97 Å². The Morgan fingerprint density at radius 2 is 1.96 bits per heavy atom. The van der Waals surface area contributed by atoms with Crippen LogP contribution in [0.2, 0.25) is 5.15 Å². The highest BCUT2D eigenvalue weighted by atomic mass is 35.5. The first-order chi connectivity index (χ1) is 11.7. The Kier molecular flexibility index (Phi) is 5.48. The van der Waals surface area contributed by atoms with Gasteiger partial charge in [0.05, 0.1) is 12.4 Å². The maximum absolute atomic E-state index is 12.1. The van der Waals surface area contributed by atoms with E-state index in [4.69, 9.17) is 21.1 Å². The predicted octanol–water partition coefficient (Wildman–Crippen LogP) is 3.31. The summed E-state index contributed by atoms with van der Waals surface area (Å²) in [6.45, 7) is 1.47. The maximum atomic E-state index is 12.1. The molecule has 0 spiro atoms. The molecule has 1 aliphatic rings. The van der Waals surface area contributed by atoms with Gasteiger partial charge in [0.1, 0.15) is 12.7 Å². The molecule has 0 bridgehead atoms. The smallest absolute Gasteiger partial charge is 0.410 e. The fourth-order valence-electron chi connectivity index (χ4n) is 2.52. The number of ether oxygens (including phenoxy) is 2. The van der Waals surface area contributed by atoms with Crippen LogP contribution in [0.15, 0.2) is 42.7 Å². The molecule has 126 valence electrons. The number of halogens is 1. The number of benzene rings is 1. The van der Waals surface area contributed by atoms with E-state index in [-0.39, 0.29) is 18.8 Å². The minimum absolute atomic E-state index is 0.00376. The molecule has 2 heterocycles. The van der Waals surface area contributed by atoms with Crippen molar-refractivity contribution in [3.63, 3.8) is 0 Å². The average Bonchev–Trinajstić information content (AvgIpc) is 2.61.